The Morgan fingerprint density at radius 2 is 1.92 bits per heavy atom. The molecule has 5 nitrogen and oxygen atoms in total. The number of aliphatic hydroxyl groups is 1. The van der Waals surface area contributed by atoms with Crippen LogP contribution in [0.15, 0.2) is 36.4 Å². The van der Waals surface area contributed by atoms with Gasteiger partial charge in [-0.15, -0.1) is 0 Å². The van der Waals surface area contributed by atoms with Crippen molar-refractivity contribution in [1.82, 2.24) is 5.32 Å². The van der Waals surface area contributed by atoms with Gasteiger partial charge in [0.25, 0.3) is 11.7 Å². The van der Waals surface area contributed by atoms with Crippen LogP contribution in [0.1, 0.15) is 32.6 Å². The molecular formula is C19H21NO4. The van der Waals surface area contributed by atoms with E-state index in [0.717, 1.165) is 11.1 Å². The first-order valence-corrected chi connectivity index (χ1v) is 7.66. The zero-order valence-corrected chi connectivity index (χ0v) is 14.1. The molecule has 0 aromatic heterocycles. The smallest absolute Gasteiger partial charge is 0.292 e. The number of Topliss-reactive ketones (excluding diaryl/α,β-unsaturated/α-hetero) is 1. The number of amides is 1. The molecule has 2 N–H and O–H groups in total. The van der Waals surface area contributed by atoms with Crippen molar-refractivity contribution in [3.05, 3.63) is 64.2 Å². The van der Waals surface area contributed by atoms with Crippen molar-refractivity contribution in [2.45, 2.75) is 27.1 Å². The third kappa shape index (κ3) is 3.81. The fraction of sp³-hybridized carbons (Fsp3) is 0.263. The predicted molar refractivity (Wildman–Crippen MR) is 91.0 cm³/mol. The molecule has 126 valence electrons. The summed E-state index contributed by atoms with van der Waals surface area (Å²) in [4.78, 5) is 23.9. The van der Waals surface area contributed by atoms with Gasteiger partial charge in [0.2, 0.25) is 0 Å². The molecule has 24 heavy (non-hydrogen) atoms. The summed E-state index contributed by atoms with van der Waals surface area (Å²) in [5.41, 5.74) is 3.44. The van der Waals surface area contributed by atoms with Crippen LogP contribution in [-0.4, -0.2) is 23.8 Å². The Labute approximate surface area is 141 Å². The molecule has 0 bridgehead atoms. The molecule has 1 amide bonds. The fourth-order valence-electron chi connectivity index (χ4n) is 2.51. The molecule has 0 saturated heterocycles. The number of carbonyl (C=O) groups excluding carboxylic acids is 2. The van der Waals surface area contributed by atoms with E-state index in [1.165, 1.54) is 7.05 Å². The van der Waals surface area contributed by atoms with Crippen LogP contribution in [0, 0.1) is 13.8 Å². The maximum absolute atomic E-state index is 12.2. The Kier molecular flexibility index (Phi) is 5.71. The Bertz CT molecular complexity index is 768. The third-order valence-corrected chi connectivity index (χ3v) is 3.82. The topological polar surface area (TPSA) is 75.6 Å². The normalized spacial score (nSPS) is 10.3. The summed E-state index contributed by atoms with van der Waals surface area (Å²) in [5, 5.41) is 11.9. The van der Waals surface area contributed by atoms with Gasteiger partial charge in [-0.3, -0.25) is 9.59 Å². The van der Waals surface area contributed by atoms with Crippen LogP contribution < -0.4 is 10.1 Å². The number of aryl methyl sites for hydroxylation is 2. The van der Waals surface area contributed by atoms with Gasteiger partial charge in [0.15, 0.2) is 0 Å². The largest absolute Gasteiger partial charge is 0.489 e. The molecule has 0 unspecified atom stereocenters. The monoisotopic (exact) mass is 327 g/mol. The van der Waals surface area contributed by atoms with Crippen molar-refractivity contribution in [3.63, 3.8) is 0 Å². The highest BCUT2D eigenvalue weighted by molar-refractivity contribution is 6.43. The lowest BCUT2D eigenvalue weighted by atomic mass is 9.98. The lowest BCUT2D eigenvalue weighted by Crippen LogP contribution is -2.28. The van der Waals surface area contributed by atoms with Crippen LogP contribution in [-0.2, 0) is 18.0 Å². The minimum absolute atomic E-state index is 0.0959. The van der Waals surface area contributed by atoms with Crippen LogP contribution in [0.2, 0.25) is 0 Å². The van der Waals surface area contributed by atoms with E-state index in [9.17, 15) is 14.7 Å². The van der Waals surface area contributed by atoms with E-state index in [1.54, 1.807) is 18.2 Å². The summed E-state index contributed by atoms with van der Waals surface area (Å²) in [6.45, 7) is 3.80. The minimum Gasteiger partial charge on any atom is -0.489 e. The van der Waals surface area contributed by atoms with Gasteiger partial charge in [-0.1, -0.05) is 35.9 Å². The van der Waals surface area contributed by atoms with Crippen molar-refractivity contribution >= 4 is 11.7 Å². The molecule has 0 saturated carbocycles. The summed E-state index contributed by atoms with van der Waals surface area (Å²) >= 11 is 0. The average molecular weight is 327 g/mol. The standard InChI is InChI=1S/C19H21NO4/c1-12-7-8-17(13(2)9-12)24-11-16-14(10-21)5-4-6-15(16)18(22)19(23)20-3/h4-9,21H,10-11H2,1-3H3,(H,20,23). The zero-order valence-electron chi connectivity index (χ0n) is 14.1. The minimum atomic E-state index is -0.696. The summed E-state index contributed by atoms with van der Waals surface area (Å²) < 4.78 is 5.83. The second-order valence-electron chi connectivity index (χ2n) is 5.57. The number of hydrogen-bond donors (Lipinski definition) is 2. The lowest BCUT2D eigenvalue weighted by Gasteiger charge is -2.15. The second kappa shape index (κ2) is 7.75. The highest BCUT2D eigenvalue weighted by Crippen LogP contribution is 2.23. The van der Waals surface area contributed by atoms with Gasteiger partial charge >= 0.3 is 0 Å². The van der Waals surface area contributed by atoms with E-state index in [-0.39, 0.29) is 18.8 Å². The number of rotatable bonds is 6. The van der Waals surface area contributed by atoms with Crippen molar-refractivity contribution < 1.29 is 19.4 Å². The maximum atomic E-state index is 12.2. The first-order chi connectivity index (χ1) is 11.5. The number of likely N-dealkylation sites (N-methyl/N-ethyl adjacent to an activating group) is 1. The van der Waals surface area contributed by atoms with E-state index in [4.69, 9.17) is 4.74 Å². The quantitative estimate of drug-likeness (QED) is 0.630. The molecule has 0 aliphatic heterocycles. The first kappa shape index (κ1) is 17.7. The molecule has 2 rings (SSSR count). The molecule has 0 spiro atoms. The molecule has 5 heteroatoms. The number of carbonyl (C=O) groups is 2. The number of ether oxygens (including phenoxy) is 1. The van der Waals surface area contributed by atoms with E-state index in [2.05, 4.69) is 5.32 Å². The average Bonchev–Trinajstić information content (AvgIpc) is 2.59. The van der Waals surface area contributed by atoms with Crippen molar-refractivity contribution in [2.24, 2.45) is 0 Å². The van der Waals surface area contributed by atoms with Crippen LogP contribution in [0.4, 0.5) is 0 Å². The van der Waals surface area contributed by atoms with Gasteiger partial charge in [-0.05, 0) is 31.0 Å². The zero-order chi connectivity index (χ0) is 17.7. The van der Waals surface area contributed by atoms with Crippen LogP contribution in [0.3, 0.4) is 0 Å². The number of aliphatic hydroxyl groups excluding tert-OH is 1. The van der Waals surface area contributed by atoms with E-state index < -0.39 is 11.7 Å². The second-order valence-corrected chi connectivity index (χ2v) is 5.57. The molecular weight excluding hydrogens is 306 g/mol. The molecule has 0 radical (unpaired) electrons. The Hall–Kier alpha value is -2.66. The van der Waals surface area contributed by atoms with Gasteiger partial charge in [0, 0.05) is 18.2 Å². The molecule has 0 aliphatic rings. The molecule has 0 atom stereocenters. The number of benzene rings is 2. The van der Waals surface area contributed by atoms with Crippen LogP contribution >= 0.6 is 0 Å². The van der Waals surface area contributed by atoms with Crippen molar-refractivity contribution in [2.75, 3.05) is 7.05 Å². The highest BCUT2D eigenvalue weighted by atomic mass is 16.5. The van der Waals surface area contributed by atoms with Gasteiger partial charge in [-0.2, -0.15) is 0 Å². The third-order valence-electron chi connectivity index (χ3n) is 3.82. The van der Waals surface area contributed by atoms with E-state index in [1.807, 2.05) is 32.0 Å². The Balaban J connectivity index is 2.34. The fourth-order valence-corrected chi connectivity index (χ4v) is 2.51. The van der Waals surface area contributed by atoms with Crippen LogP contribution in [0.25, 0.3) is 0 Å². The number of nitrogens with one attached hydrogen (secondary N) is 1. The molecule has 0 aliphatic carbocycles. The van der Waals surface area contributed by atoms with Gasteiger partial charge in [-0.25, -0.2) is 0 Å². The van der Waals surface area contributed by atoms with E-state index >= 15 is 0 Å². The van der Waals surface area contributed by atoms with Crippen molar-refractivity contribution in [1.29, 1.82) is 0 Å². The summed E-state index contributed by atoms with van der Waals surface area (Å²) in [7, 11) is 1.40. The molecule has 0 heterocycles. The van der Waals surface area contributed by atoms with Gasteiger partial charge in [0.05, 0.1) is 6.61 Å². The Morgan fingerprint density at radius 1 is 1.17 bits per heavy atom. The lowest BCUT2D eigenvalue weighted by molar-refractivity contribution is -0.116. The van der Waals surface area contributed by atoms with Crippen LogP contribution in [0.5, 0.6) is 5.75 Å². The molecule has 0 fully saturated rings. The summed E-state index contributed by atoms with van der Waals surface area (Å²) in [5.74, 6) is -0.642. The molecule has 2 aromatic carbocycles. The predicted octanol–water partition coefficient (Wildman–Crippen LogP) is 2.30. The summed E-state index contributed by atoms with van der Waals surface area (Å²) in [6, 6.07) is 10.7. The first-order valence-electron chi connectivity index (χ1n) is 7.66. The van der Waals surface area contributed by atoms with Gasteiger partial charge < -0.3 is 15.2 Å². The highest BCUT2D eigenvalue weighted by Gasteiger charge is 2.20. The SMILES string of the molecule is CNC(=O)C(=O)c1cccc(CO)c1COc1ccc(C)cc1C. The maximum Gasteiger partial charge on any atom is 0.292 e. The molecule has 2 aromatic rings. The number of ketones is 1. The van der Waals surface area contributed by atoms with Gasteiger partial charge in [0.1, 0.15) is 12.4 Å². The number of hydrogen-bond acceptors (Lipinski definition) is 4. The van der Waals surface area contributed by atoms with Crippen molar-refractivity contribution in [3.8, 4) is 5.75 Å². The van der Waals surface area contributed by atoms with E-state index in [0.29, 0.717) is 16.9 Å². The summed E-state index contributed by atoms with van der Waals surface area (Å²) in [6.07, 6.45) is 0. The Morgan fingerprint density at radius 3 is 2.54 bits per heavy atom.